The molecule has 5 nitrogen and oxygen atoms in total. The van der Waals surface area contributed by atoms with Gasteiger partial charge in [-0.2, -0.15) is 0 Å². The minimum Gasteiger partial charge on any atom is -0.347 e. The Morgan fingerprint density at radius 3 is 2.53 bits per heavy atom. The van der Waals surface area contributed by atoms with Crippen molar-refractivity contribution in [2.24, 2.45) is 0 Å². The fourth-order valence-corrected chi connectivity index (χ4v) is 1.52. The van der Waals surface area contributed by atoms with Gasteiger partial charge in [-0.15, -0.1) is 0 Å². The van der Waals surface area contributed by atoms with Crippen LogP contribution in [0.25, 0.3) is 0 Å². The van der Waals surface area contributed by atoms with Crippen LogP contribution in [0.5, 0.6) is 0 Å². The van der Waals surface area contributed by atoms with Gasteiger partial charge in [0.05, 0.1) is 6.54 Å². The van der Waals surface area contributed by atoms with Crippen LogP contribution in [-0.4, -0.2) is 24.1 Å². The van der Waals surface area contributed by atoms with Gasteiger partial charge in [0.15, 0.2) is 5.78 Å². The smallest absolute Gasteiger partial charge is 0.243 e. The van der Waals surface area contributed by atoms with E-state index in [-0.39, 0.29) is 24.1 Å². The lowest BCUT2D eigenvalue weighted by molar-refractivity contribution is -0.124. The van der Waals surface area contributed by atoms with E-state index in [1.807, 2.05) is 6.92 Å². The molecule has 2 amide bonds. The molecule has 0 atom stereocenters. The molecule has 0 bridgehead atoms. The van der Waals surface area contributed by atoms with Crippen LogP contribution in [0.1, 0.15) is 37.0 Å². The minimum absolute atomic E-state index is 0.0626. The van der Waals surface area contributed by atoms with Gasteiger partial charge in [0.25, 0.3) is 0 Å². The third-order valence-electron chi connectivity index (χ3n) is 2.48. The zero-order valence-corrected chi connectivity index (χ0v) is 11.2. The molecular formula is C14H18N2O3. The Kier molecular flexibility index (Phi) is 5.73. The molecule has 0 aliphatic carbocycles. The van der Waals surface area contributed by atoms with Crippen molar-refractivity contribution in [3.63, 3.8) is 0 Å². The normalized spacial score (nSPS) is 9.79. The zero-order valence-electron chi connectivity index (χ0n) is 11.2. The van der Waals surface area contributed by atoms with Crippen LogP contribution < -0.4 is 10.6 Å². The van der Waals surface area contributed by atoms with Crippen molar-refractivity contribution in [2.45, 2.75) is 26.7 Å². The highest BCUT2D eigenvalue weighted by Crippen LogP contribution is 2.10. The van der Waals surface area contributed by atoms with E-state index in [4.69, 9.17) is 0 Å². The van der Waals surface area contributed by atoms with Gasteiger partial charge in [0.2, 0.25) is 11.8 Å². The second-order valence-electron chi connectivity index (χ2n) is 4.21. The van der Waals surface area contributed by atoms with Gasteiger partial charge in [-0.3, -0.25) is 14.4 Å². The van der Waals surface area contributed by atoms with Crippen LogP contribution in [0.4, 0.5) is 5.69 Å². The predicted molar refractivity (Wildman–Crippen MR) is 73.0 cm³/mol. The largest absolute Gasteiger partial charge is 0.347 e. The number of anilines is 1. The molecular weight excluding hydrogens is 244 g/mol. The van der Waals surface area contributed by atoms with Gasteiger partial charge in [-0.25, -0.2) is 0 Å². The maximum Gasteiger partial charge on any atom is 0.243 e. The molecule has 0 unspecified atom stereocenters. The first-order chi connectivity index (χ1) is 9.02. The van der Waals surface area contributed by atoms with Crippen LogP contribution in [0, 0.1) is 0 Å². The standard InChI is InChI=1S/C14H18N2O3/c1-3-5-13(18)15-9-14(19)16-12-7-4-6-11(8-12)10(2)17/h4,6-8H,3,5,9H2,1-2H3,(H,15,18)(H,16,19). The summed E-state index contributed by atoms with van der Waals surface area (Å²) in [6, 6.07) is 6.68. The van der Waals surface area contributed by atoms with Crippen LogP contribution in [0.3, 0.4) is 0 Å². The Labute approximate surface area is 112 Å². The lowest BCUT2D eigenvalue weighted by Gasteiger charge is -2.07. The molecule has 0 aromatic heterocycles. The summed E-state index contributed by atoms with van der Waals surface area (Å²) in [5.41, 5.74) is 1.08. The number of carbonyl (C=O) groups excluding carboxylic acids is 3. The SMILES string of the molecule is CCCC(=O)NCC(=O)Nc1cccc(C(C)=O)c1. The third kappa shape index (κ3) is 5.33. The topological polar surface area (TPSA) is 75.3 Å². The second-order valence-corrected chi connectivity index (χ2v) is 4.21. The van der Waals surface area contributed by atoms with Crippen molar-refractivity contribution in [1.29, 1.82) is 0 Å². The van der Waals surface area contributed by atoms with Gasteiger partial charge in [0.1, 0.15) is 0 Å². The Morgan fingerprint density at radius 1 is 1.16 bits per heavy atom. The van der Waals surface area contributed by atoms with Crippen molar-refractivity contribution in [3.8, 4) is 0 Å². The van der Waals surface area contributed by atoms with E-state index in [0.29, 0.717) is 17.7 Å². The van der Waals surface area contributed by atoms with Gasteiger partial charge in [0, 0.05) is 17.7 Å². The highest BCUT2D eigenvalue weighted by Gasteiger charge is 2.06. The van der Waals surface area contributed by atoms with Crippen molar-refractivity contribution in [3.05, 3.63) is 29.8 Å². The Bertz CT molecular complexity index is 483. The summed E-state index contributed by atoms with van der Waals surface area (Å²) in [5, 5.41) is 5.15. The predicted octanol–water partition coefficient (Wildman–Crippen LogP) is 1.74. The molecule has 1 aromatic rings. The van der Waals surface area contributed by atoms with E-state index in [0.717, 1.165) is 6.42 Å². The number of ketones is 1. The summed E-state index contributed by atoms with van der Waals surface area (Å²) >= 11 is 0. The van der Waals surface area contributed by atoms with E-state index in [9.17, 15) is 14.4 Å². The van der Waals surface area contributed by atoms with Crippen molar-refractivity contribution in [2.75, 3.05) is 11.9 Å². The Balaban J connectivity index is 2.50. The molecule has 2 N–H and O–H groups in total. The molecule has 0 heterocycles. The average molecular weight is 262 g/mol. The third-order valence-corrected chi connectivity index (χ3v) is 2.48. The first-order valence-electron chi connectivity index (χ1n) is 6.20. The van der Waals surface area contributed by atoms with Crippen LogP contribution in [0.15, 0.2) is 24.3 Å². The Hall–Kier alpha value is -2.17. The first kappa shape index (κ1) is 14.9. The van der Waals surface area contributed by atoms with E-state index in [1.165, 1.54) is 6.92 Å². The molecule has 0 fully saturated rings. The van der Waals surface area contributed by atoms with Crippen molar-refractivity contribution in [1.82, 2.24) is 5.32 Å². The molecule has 19 heavy (non-hydrogen) atoms. The second kappa shape index (κ2) is 7.31. The lowest BCUT2D eigenvalue weighted by Crippen LogP contribution is -2.32. The first-order valence-corrected chi connectivity index (χ1v) is 6.20. The molecule has 0 saturated heterocycles. The summed E-state index contributed by atoms with van der Waals surface area (Å²) < 4.78 is 0. The fraction of sp³-hybridized carbons (Fsp3) is 0.357. The number of amides is 2. The molecule has 1 aromatic carbocycles. The van der Waals surface area contributed by atoms with Gasteiger partial charge in [-0.05, 0) is 25.5 Å². The van der Waals surface area contributed by atoms with E-state index in [2.05, 4.69) is 10.6 Å². The molecule has 0 saturated carbocycles. The molecule has 1 rings (SSSR count). The number of benzene rings is 1. The molecule has 102 valence electrons. The van der Waals surface area contributed by atoms with E-state index < -0.39 is 0 Å². The monoisotopic (exact) mass is 262 g/mol. The van der Waals surface area contributed by atoms with Crippen LogP contribution in [0.2, 0.25) is 0 Å². The molecule has 0 spiro atoms. The molecule has 5 heteroatoms. The maximum absolute atomic E-state index is 11.6. The average Bonchev–Trinajstić information content (AvgIpc) is 2.37. The van der Waals surface area contributed by atoms with Crippen molar-refractivity contribution < 1.29 is 14.4 Å². The maximum atomic E-state index is 11.6. The number of rotatable bonds is 6. The molecule has 0 radical (unpaired) electrons. The number of nitrogens with one attached hydrogen (secondary N) is 2. The summed E-state index contributed by atoms with van der Waals surface area (Å²) in [5.74, 6) is -0.521. The minimum atomic E-state index is -0.315. The van der Waals surface area contributed by atoms with Gasteiger partial charge < -0.3 is 10.6 Å². The fourth-order valence-electron chi connectivity index (χ4n) is 1.52. The quantitative estimate of drug-likeness (QED) is 0.767. The summed E-state index contributed by atoms with van der Waals surface area (Å²) in [6.45, 7) is 3.29. The number of carbonyl (C=O) groups is 3. The number of Topliss-reactive ketones (excluding diaryl/α,β-unsaturated/α-hetero) is 1. The highest BCUT2D eigenvalue weighted by atomic mass is 16.2. The van der Waals surface area contributed by atoms with Crippen LogP contribution >= 0.6 is 0 Å². The van der Waals surface area contributed by atoms with E-state index in [1.54, 1.807) is 24.3 Å². The summed E-state index contributed by atoms with van der Waals surface area (Å²) in [4.78, 5) is 34.0. The van der Waals surface area contributed by atoms with Crippen LogP contribution in [-0.2, 0) is 9.59 Å². The summed E-state index contributed by atoms with van der Waals surface area (Å²) in [6.07, 6.45) is 1.15. The van der Waals surface area contributed by atoms with Gasteiger partial charge in [-0.1, -0.05) is 19.1 Å². The Morgan fingerprint density at radius 2 is 1.89 bits per heavy atom. The van der Waals surface area contributed by atoms with E-state index >= 15 is 0 Å². The number of hydrogen-bond donors (Lipinski definition) is 2. The van der Waals surface area contributed by atoms with Gasteiger partial charge >= 0.3 is 0 Å². The lowest BCUT2D eigenvalue weighted by atomic mass is 10.1. The number of hydrogen-bond acceptors (Lipinski definition) is 3. The summed E-state index contributed by atoms with van der Waals surface area (Å²) in [7, 11) is 0. The highest BCUT2D eigenvalue weighted by molar-refractivity contribution is 5.98. The molecule has 0 aliphatic heterocycles. The molecule has 0 aliphatic rings. The zero-order chi connectivity index (χ0) is 14.3. The van der Waals surface area contributed by atoms with Crippen molar-refractivity contribution >= 4 is 23.3 Å².